The Hall–Kier alpha value is -0.860. The summed E-state index contributed by atoms with van der Waals surface area (Å²) in [7, 11) is 0. The highest BCUT2D eigenvalue weighted by atomic mass is 16.5. The van der Waals surface area contributed by atoms with Crippen LogP contribution in [0.25, 0.3) is 0 Å². The highest BCUT2D eigenvalue weighted by Crippen LogP contribution is 2.07. The molecule has 1 N–H and O–H groups in total. The van der Waals surface area contributed by atoms with Crippen molar-refractivity contribution in [3.05, 3.63) is 35.4 Å². The molecule has 96 valence electrons. The minimum Gasteiger partial charge on any atom is -0.377 e. The van der Waals surface area contributed by atoms with Crippen molar-refractivity contribution in [3.8, 4) is 0 Å². The zero-order valence-electron chi connectivity index (χ0n) is 11.2. The van der Waals surface area contributed by atoms with E-state index in [0.717, 1.165) is 26.3 Å². The molecule has 0 saturated carbocycles. The molecule has 1 aromatic carbocycles. The molecule has 17 heavy (non-hydrogen) atoms. The Morgan fingerprint density at radius 1 is 1.12 bits per heavy atom. The quantitative estimate of drug-likeness (QED) is 0.661. The van der Waals surface area contributed by atoms with Crippen LogP contribution in [0, 0.1) is 0 Å². The Morgan fingerprint density at radius 3 is 2.71 bits per heavy atom. The summed E-state index contributed by atoms with van der Waals surface area (Å²) in [6, 6.07) is 8.62. The normalized spacial score (nSPS) is 10.7. The maximum absolute atomic E-state index is 5.66. The van der Waals surface area contributed by atoms with E-state index >= 15 is 0 Å². The summed E-state index contributed by atoms with van der Waals surface area (Å²) < 4.78 is 5.66. The first-order chi connectivity index (χ1) is 8.36. The van der Waals surface area contributed by atoms with Crippen molar-refractivity contribution in [2.45, 2.75) is 46.3 Å². The molecule has 0 amide bonds. The molecule has 0 unspecified atom stereocenters. The van der Waals surface area contributed by atoms with E-state index in [2.05, 4.69) is 43.4 Å². The van der Waals surface area contributed by atoms with Crippen LogP contribution in [0.3, 0.4) is 0 Å². The van der Waals surface area contributed by atoms with Gasteiger partial charge in [-0.3, -0.25) is 0 Å². The molecule has 1 aromatic rings. The molecular formula is C15H25NO. The van der Waals surface area contributed by atoms with Gasteiger partial charge in [0.05, 0.1) is 6.61 Å². The lowest BCUT2D eigenvalue weighted by molar-refractivity contribution is 0.117. The largest absolute Gasteiger partial charge is 0.377 e. The predicted molar refractivity (Wildman–Crippen MR) is 73.0 cm³/mol. The van der Waals surface area contributed by atoms with Gasteiger partial charge < -0.3 is 10.1 Å². The third kappa shape index (κ3) is 6.44. The zero-order chi connectivity index (χ0) is 12.3. The third-order valence-electron chi connectivity index (χ3n) is 2.73. The SMILES string of the molecule is CCCCCOCc1cccc(CNCC)c1. The fraction of sp³-hybridized carbons (Fsp3) is 0.600. The lowest BCUT2D eigenvalue weighted by atomic mass is 10.1. The molecule has 0 bridgehead atoms. The first kappa shape index (κ1) is 14.2. The summed E-state index contributed by atoms with van der Waals surface area (Å²) in [4.78, 5) is 0. The number of nitrogens with one attached hydrogen (secondary N) is 1. The Bertz CT molecular complexity index is 299. The van der Waals surface area contributed by atoms with E-state index in [1.54, 1.807) is 0 Å². The van der Waals surface area contributed by atoms with Gasteiger partial charge in [-0.25, -0.2) is 0 Å². The van der Waals surface area contributed by atoms with Crippen molar-refractivity contribution in [1.82, 2.24) is 5.32 Å². The van der Waals surface area contributed by atoms with Gasteiger partial charge in [-0.15, -0.1) is 0 Å². The number of hydrogen-bond donors (Lipinski definition) is 1. The molecule has 2 nitrogen and oxygen atoms in total. The number of hydrogen-bond acceptors (Lipinski definition) is 2. The molecular weight excluding hydrogens is 210 g/mol. The van der Waals surface area contributed by atoms with Crippen molar-refractivity contribution in [1.29, 1.82) is 0 Å². The molecule has 0 aromatic heterocycles. The van der Waals surface area contributed by atoms with Gasteiger partial charge in [-0.2, -0.15) is 0 Å². The van der Waals surface area contributed by atoms with Gasteiger partial charge in [0.15, 0.2) is 0 Å². The highest BCUT2D eigenvalue weighted by molar-refractivity contribution is 5.22. The second-order valence-corrected chi connectivity index (χ2v) is 4.36. The van der Waals surface area contributed by atoms with Crippen LogP contribution in [0.5, 0.6) is 0 Å². The van der Waals surface area contributed by atoms with Gasteiger partial charge in [0.1, 0.15) is 0 Å². The van der Waals surface area contributed by atoms with E-state index in [9.17, 15) is 0 Å². The molecule has 0 fully saturated rings. The molecule has 0 spiro atoms. The van der Waals surface area contributed by atoms with E-state index in [-0.39, 0.29) is 0 Å². The van der Waals surface area contributed by atoms with E-state index < -0.39 is 0 Å². The van der Waals surface area contributed by atoms with Gasteiger partial charge in [0, 0.05) is 13.2 Å². The molecule has 0 atom stereocenters. The zero-order valence-corrected chi connectivity index (χ0v) is 11.2. The number of benzene rings is 1. The van der Waals surface area contributed by atoms with Crippen LogP contribution in [0.1, 0.15) is 44.2 Å². The number of unbranched alkanes of at least 4 members (excludes halogenated alkanes) is 2. The average molecular weight is 235 g/mol. The Morgan fingerprint density at radius 2 is 1.94 bits per heavy atom. The summed E-state index contributed by atoms with van der Waals surface area (Å²) in [5, 5.41) is 3.33. The van der Waals surface area contributed by atoms with E-state index in [0.29, 0.717) is 0 Å². The second kappa shape index (κ2) is 9.20. The molecule has 0 radical (unpaired) electrons. The van der Waals surface area contributed by atoms with Crippen molar-refractivity contribution in [2.24, 2.45) is 0 Å². The second-order valence-electron chi connectivity index (χ2n) is 4.36. The van der Waals surface area contributed by atoms with Crippen LogP contribution in [-0.4, -0.2) is 13.2 Å². The van der Waals surface area contributed by atoms with Crippen LogP contribution in [0.4, 0.5) is 0 Å². The minimum absolute atomic E-state index is 0.740. The van der Waals surface area contributed by atoms with E-state index in [1.165, 1.54) is 30.4 Å². The van der Waals surface area contributed by atoms with Crippen molar-refractivity contribution in [3.63, 3.8) is 0 Å². The molecule has 2 heteroatoms. The average Bonchev–Trinajstić information content (AvgIpc) is 2.37. The molecule has 0 aliphatic carbocycles. The Balaban J connectivity index is 2.27. The molecule has 0 aliphatic heterocycles. The number of rotatable bonds is 9. The van der Waals surface area contributed by atoms with Gasteiger partial charge in [0.2, 0.25) is 0 Å². The smallest absolute Gasteiger partial charge is 0.0716 e. The molecule has 1 rings (SSSR count). The van der Waals surface area contributed by atoms with Crippen molar-refractivity contribution >= 4 is 0 Å². The fourth-order valence-electron chi connectivity index (χ4n) is 1.74. The lowest BCUT2D eigenvalue weighted by Crippen LogP contribution is -2.11. The van der Waals surface area contributed by atoms with Crippen molar-refractivity contribution in [2.75, 3.05) is 13.2 Å². The van der Waals surface area contributed by atoms with E-state index in [1.807, 2.05) is 0 Å². The molecule has 0 heterocycles. The lowest BCUT2D eigenvalue weighted by Gasteiger charge is -2.07. The summed E-state index contributed by atoms with van der Waals surface area (Å²) in [5.41, 5.74) is 2.61. The molecule has 0 saturated heterocycles. The van der Waals surface area contributed by atoms with Crippen LogP contribution < -0.4 is 5.32 Å². The Labute approximate surface area is 105 Å². The summed E-state index contributed by atoms with van der Waals surface area (Å²) in [5.74, 6) is 0. The maximum atomic E-state index is 5.66. The van der Waals surface area contributed by atoms with Crippen LogP contribution in [-0.2, 0) is 17.9 Å². The minimum atomic E-state index is 0.740. The third-order valence-corrected chi connectivity index (χ3v) is 2.73. The fourth-order valence-corrected chi connectivity index (χ4v) is 1.74. The van der Waals surface area contributed by atoms with Gasteiger partial charge in [-0.1, -0.05) is 51.0 Å². The summed E-state index contributed by atoms with van der Waals surface area (Å²) >= 11 is 0. The molecule has 0 aliphatic rings. The summed E-state index contributed by atoms with van der Waals surface area (Å²) in [6.45, 7) is 7.91. The van der Waals surface area contributed by atoms with Crippen LogP contribution >= 0.6 is 0 Å². The predicted octanol–water partition coefficient (Wildman–Crippen LogP) is 3.50. The first-order valence-electron chi connectivity index (χ1n) is 6.73. The van der Waals surface area contributed by atoms with Crippen LogP contribution in [0.15, 0.2) is 24.3 Å². The standard InChI is InChI=1S/C15H25NO/c1-3-5-6-10-17-13-15-9-7-8-14(11-15)12-16-4-2/h7-9,11,16H,3-6,10,12-13H2,1-2H3. The van der Waals surface area contributed by atoms with Crippen LogP contribution in [0.2, 0.25) is 0 Å². The van der Waals surface area contributed by atoms with Gasteiger partial charge >= 0.3 is 0 Å². The topological polar surface area (TPSA) is 21.3 Å². The number of ether oxygens (including phenoxy) is 1. The van der Waals surface area contributed by atoms with Crippen molar-refractivity contribution < 1.29 is 4.74 Å². The van der Waals surface area contributed by atoms with Gasteiger partial charge in [0.25, 0.3) is 0 Å². The monoisotopic (exact) mass is 235 g/mol. The summed E-state index contributed by atoms with van der Waals surface area (Å²) in [6.07, 6.45) is 3.69. The van der Waals surface area contributed by atoms with Gasteiger partial charge in [-0.05, 0) is 24.1 Å². The Kier molecular flexibility index (Phi) is 7.69. The van der Waals surface area contributed by atoms with E-state index in [4.69, 9.17) is 4.74 Å². The highest BCUT2D eigenvalue weighted by Gasteiger charge is 1.96. The maximum Gasteiger partial charge on any atom is 0.0716 e. The first-order valence-corrected chi connectivity index (χ1v) is 6.73.